The molecule has 0 saturated carbocycles. The van der Waals surface area contributed by atoms with Crippen molar-refractivity contribution in [3.63, 3.8) is 0 Å². The molecule has 0 heterocycles. The SMILES string of the molecule is Cc1ccc(N(CCc2cccc(O)c2)C(=O)C(N)c2ccccc2)cc1C.Cl. The van der Waals surface area contributed by atoms with Crippen LogP contribution in [0, 0.1) is 13.8 Å². The quantitative estimate of drug-likeness (QED) is 0.618. The van der Waals surface area contributed by atoms with Gasteiger partial charge >= 0.3 is 0 Å². The number of rotatable bonds is 6. The minimum Gasteiger partial charge on any atom is -0.508 e. The molecule has 3 aromatic rings. The number of nitrogens with two attached hydrogens (primary N) is 1. The second-order valence-electron chi connectivity index (χ2n) is 7.07. The average Bonchev–Trinajstić information content (AvgIpc) is 2.70. The van der Waals surface area contributed by atoms with Crippen LogP contribution >= 0.6 is 12.4 Å². The van der Waals surface area contributed by atoms with Gasteiger partial charge in [0, 0.05) is 12.2 Å². The number of hydrogen-bond donors (Lipinski definition) is 2. The molecule has 3 N–H and O–H groups in total. The van der Waals surface area contributed by atoms with Gasteiger partial charge in [-0.2, -0.15) is 0 Å². The number of anilines is 1. The molecule has 0 aliphatic carbocycles. The summed E-state index contributed by atoms with van der Waals surface area (Å²) in [6, 6.07) is 21.8. The van der Waals surface area contributed by atoms with Gasteiger partial charge in [0.15, 0.2) is 0 Å². The molecule has 0 radical (unpaired) electrons. The highest BCUT2D eigenvalue weighted by molar-refractivity contribution is 5.97. The van der Waals surface area contributed by atoms with E-state index in [1.165, 1.54) is 5.56 Å². The van der Waals surface area contributed by atoms with Crippen molar-refractivity contribution in [1.82, 2.24) is 0 Å². The lowest BCUT2D eigenvalue weighted by atomic mass is 10.0. The number of nitrogens with zero attached hydrogens (tertiary/aromatic N) is 1. The molecule has 29 heavy (non-hydrogen) atoms. The van der Waals surface area contributed by atoms with Crippen molar-refractivity contribution < 1.29 is 9.90 Å². The number of hydrogen-bond acceptors (Lipinski definition) is 3. The Bertz CT molecular complexity index is 960. The Morgan fingerprint density at radius 1 is 0.966 bits per heavy atom. The smallest absolute Gasteiger partial charge is 0.248 e. The van der Waals surface area contributed by atoms with E-state index >= 15 is 0 Å². The fourth-order valence-corrected chi connectivity index (χ4v) is 3.18. The van der Waals surface area contributed by atoms with Crippen LogP contribution in [0.15, 0.2) is 72.8 Å². The zero-order valence-corrected chi connectivity index (χ0v) is 17.5. The number of amides is 1. The number of aryl methyl sites for hydroxylation is 2. The number of halogens is 1. The van der Waals surface area contributed by atoms with Crippen molar-refractivity contribution in [1.29, 1.82) is 0 Å². The van der Waals surface area contributed by atoms with E-state index in [1.807, 2.05) is 74.5 Å². The normalized spacial score (nSPS) is 11.4. The maximum absolute atomic E-state index is 13.3. The molecular weight excluding hydrogens is 384 g/mol. The lowest BCUT2D eigenvalue weighted by Crippen LogP contribution is -2.40. The van der Waals surface area contributed by atoms with Gasteiger partial charge < -0.3 is 15.7 Å². The van der Waals surface area contributed by atoms with Crippen molar-refractivity contribution in [2.75, 3.05) is 11.4 Å². The molecule has 1 unspecified atom stereocenters. The van der Waals surface area contributed by atoms with E-state index in [-0.39, 0.29) is 24.1 Å². The summed E-state index contributed by atoms with van der Waals surface area (Å²) in [7, 11) is 0. The monoisotopic (exact) mass is 410 g/mol. The van der Waals surface area contributed by atoms with Crippen molar-refractivity contribution in [2.45, 2.75) is 26.3 Å². The van der Waals surface area contributed by atoms with Crippen LogP contribution in [0.4, 0.5) is 5.69 Å². The Morgan fingerprint density at radius 3 is 2.34 bits per heavy atom. The van der Waals surface area contributed by atoms with Crippen LogP contribution in [0.2, 0.25) is 0 Å². The van der Waals surface area contributed by atoms with Gasteiger partial charge in [0.05, 0.1) is 0 Å². The molecule has 4 nitrogen and oxygen atoms in total. The van der Waals surface area contributed by atoms with Gasteiger partial charge in [-0.15, -0.1) is 12.4 Å². The number of benzene rings is 3. The van der Waals surface area contributed by atoms with E-state index in [0.29, 0.717) is 13.0 Å². The van der Waals surface area contributed by atoms with Gasteiger partial charge in [-0.1, -0.05) is 48.5 Å². The van der Waals surface area contributed by atoms with Crippen molar-refractivity contribution in [3.05, 3.63) is 95.1 Å². The van der Waals surface area contributed by atoms with Gasteiger partial charge in [-0.3, -0.25) is 4.79 Å². The number of carbonyl (C=O) groups is 1. The van der Waals surface area contributed by atoms with Crippen LogP contribution in [0.3, 0.4) is 0 Å². The predicted octanol–water partition coefficient (Wildman–Crippen LogP) is 4.71. The molecule has 152 valence electrons. The molecular formula is C24H27ClN2O2. The summed E-state index contributed by atoms with van der Waals surface area (Å²) in [5.74, 6) is 0.0807. The lowest BCUT2D eigenvalue weighted by molar-refractivity contribution is -0.120. The molecule has 3 rings (SSSR count). The number of aromatic hydroxyl groups is 1. The molecule has 0 aliphatic heterocycles. The van der Waals surface area contributed by atoms with Crippen LogP contribution in [0.25, 0.3) is 0 Å². The van der Waals surface area contributed by atoms with Crippen molar-refractivity contribution in [3.8, 4) is 5.75 Å². The first-order chi connectivity index (χ1) is 13.5. The maximum Gasteiger partial charge on any atom is 0.248 e. The van der Waals surface area contributed by atoms with E-state index in [1.54, 1.807) is 17.0 Å². The van der Waals surface area contributed by atoms with Crippen LogP contribution < -0.4 is 10.6 Å². The van der Waals surface area contributed by atoms with Gasteiger partial charge in [0.1, 0.15) is 11.8 Å². The summed E-state index contributed by atoms with van der Waals surface area (Å²) in [4.78, 5) is 15.0. The molecule has 0 spiro atoms. The lowest BCUT2D eigenvalue weighted by Gasteiger charge is -2.27. The van der Waals surface area contributed by atoms with E-state index in [0.717, 1.165) is 22.4 Å². The van der Waals surface area contributed by atoms with Crippen LogP contribution in [0.1, 0.15) is 28.3 Å². The summed E-state index contributed by atoms with van der Waals surface area (Å²) in [5.41, 5.74) is 11.2. The van der Waals surface area contributed by atoms with Crippen molar-refractivity contribution in [2.24, 2.45) is 5.73 Å². The second-order valence-corrected chi connectivity index (χ2v) is 7.07. The summed E-state index contributed by atoms with van der Waals surface area (Å²) in [6.07, 6.45) is 0.620. The Labute approximate surface area is 178 Å². The molecule has 1 amide bonds. The van der Waals surface area contributed by atoms with Gasteiger partial charge in [0.25, 0.3) is 0 Å². The zero-order valence-electron chi connectivity index (χ0n) is 16.7. The number of carbonyl (C=O) groups excluding carboxylic acids is 1. The first-order valence-corrected chi connectivity index (χ1v) is 9.43. The largest absolute Gasteiger partial charge is 0.508 e. The molecule has 5 heteroatoms. The van der Waals surface area contributed by atoms with Gasteiger partial charge in [-0.05, 0) is 66.8 Å². The standard InChI is InChI=1S/C24H26N2O2.ClH/c1-17-11-12-21(15-18(17)2)26(14-13-19-7-6-10-22(27)16-19)24(28)23(25)20-8-4-3-5-9-20;/h3-12,15-16,23,27H,13-14,25H2,1-2H3;1H. The van der Waals surface area contributed by atoms with E-state index in [2.05, 4.69) is 0 Å². The number of phenolic OH excluding ortho intramolecular Hbond substituents is 1. The molecule has 0 fully saturated rings. The average molecular weight is 411 g/mol. The highest BCUT2D eigenvalue weighted by Gasteiger charge is 2.24. The van der Waals surface area contributed by atoms with E-state index in [4.69, 9.17) is 5.73 Å². The Kier molecular flexibility index (Phi) is 7.82. The van der Waals surface area contributed by atoms with Crippen molar-refractivity contribution >= 4 is 24.0 Å². The highest BCUT2D eigenvalue weighted by atomic mass is 35.5. The maximum atomic E-state index is 13.3. The molecule has 1 atom stereocenters. The van der Waals surface area contributed by atoms with Crippen LogP contribution in [-0.2, 0) is 11.2 Å². The summed E-state index contributed by atoms with van der Waals surface area (Å²) in [6.45, 7) is 4.56. The number of phenols is 1. The first-order valence-electron chi connectivity index (χ1n) is 9.43. The summed E-state index contributed by atoms with van der Waals surface area (Å²) in [5, 5.41) is 9.71. The fourth-order valence-electron chi connectivity index (χ4n) is 3.18. The third kappa shape index (κ3) is 5.59. The Morgan fingerprint density at radius 2 is 1.69 bits per heavy atom. The second kappa shape index (κ2) is 10.1. The predicted molar refractivity (Wildman–Crippen MR) is 121 cm³/mol. The van der Waals surface area contributed by atoms with Gasteiger partial charge in [-0.25, -0.2) is 0 Å². The van der Waals surface area contributed by atoms with Crippen LogP contribution in [0.5, 0.6) is 5.75 Å². The third-order valence-corrected chi connectivity index (χ3v) is 5.03. The minimum absolute atomic E-state index is 0. The van der Waals surface area contributed by atoms with E-state index in [9.17, 15) is 9.90 Å². The van der Waals surface area contributed by atoms with E-state index < -0.39 is 6.04 Å². The van der Waals surface area contributed by atoms with Gasteiger partial charge in [0.2, 0.25) is 5.91 Å². The minimum atomic E-state index is -0.730. The van der Waals surface area contributed by atoms with Crippen LogP contribution in [-0.4, -0.2) is 17.6 Å². The molecule has 0 saturated heterocycles. The zero-order chi connectivity index (χ0) is 20.1. The fraction of sp³-hybridized carbons (Fsp3) is 0.208. The molecule has 0 aliphatic rings. The molecule has 0 aromatic heterocycles. The highest BCUT2D eigenvalue weighted by Crippen LogP contribution is 2.23. The molecule has 3 aromatic carbocycles. The summed E-state index contributed by atoms with van der Waals surface area (Å²) >= 11 is 0. The third-order valence-electron chi connectivity index (χ3n) is 5.03. The first kappa shape index (κ1) is 22.5. The molecule has 0 bridgehead atoms. The Hall–Kier alpha value is -2.82. The topological polar surface area (TPSA) is 66.6 Å². The Balaban J connectivity index is 0.00000300. The summed E-state index contributed by atoms with van der Waals surface area (Å²) < 4.78 is 0.